The predicted molar refractivity (Wildman–Crippen MR) is 77.3 cm³/mol. The summed E-state index contributed by atoms with van der Waals surface area (Å²) in [6, 6.07) is 7.47. The molecular formula is C15H17N3O. The topological polar surface area (TPSA) is 68.0 Å². The fourth-order valence-corrected chi connectivity index (χ4v) is 1.79. The highest BCUT2D eigenvalue weighted by Gasteiger charge is 2.11. The minimum atomic E-state index is -0.242. The number of carbonyl (C=O) groups excluding carboxylic acids is 1. The summed E-state index contributed by atoms with van der Waals surface area (Å²) < 4.78 is 0. The van der Waals surface area contributed by atoms with Crippen LogP contribution in [0.4, 0.5) is 11.4 Å². The molecule has 0 radical (unpaired) electrons. The van der Waals surface area contributed by atoms with Gasteiger partial charge in [-0.1, -0.05) is 6.07 Å². The van der Waals surface area contributed by atoms with Crippen LogP contribution >= 0.6 is 0 Å². The van der Waals surface area contributed by atoms with Gasteiger partial charge >= 0.3 is 0 Å². The van der Waals surface area contributed by atoms with Gasteiger partial charge in [0.2, 0.25) is 0 Å². The van der Waals surface area contributed by atoms with Crippen LogP contribution in [0, 0.1) is 20.8 Å². The van der Waals surface area contributed by atoms with E-state index in [1.54, 1.807) is 6.07 Å². The van der Waals surface area contributed by atoms with Gasteiger partial charge in [-0.15, -0.1) is 0 Å². The predicted octanol–water partition coefficient (Wildman–Crippen LogP) is 2.84. The molecule has 0 atom stereocenters. The first kappa shape index (κ1) is 13.1. The van der Waals surface area contributed by atoms with E-state index >= 15 is 0 Å². The summed E-state index contributed by atoms with van der Waals surface area (Å²) in [6.07, 6.45) is 1.50. The second kappa shape index (κ2) is 5.10. The van der Waals surface area contributed by atoms with E-state index in [4.69, 9.17) is 5.73 Å². The summed E-state index contributed by atoms with van der Waals surface area (Å²) >= 11 is 0. The van der Waals surface area contributed by atoms with Crippen LogP contribution < -0.4 is 11.1 Å². The maximum absolute atomic E-state index is 12.1. The number of nitrogen functional groups attached to an aromatic ring is 1. The van der Waals surface area contributed by atoms with E-state index in [0.29, 0.717) is 11.3 Å². The van der Waals surface area contributed by atoms with E-state index in [1.807, 2.05) is 39.0 Å². The molecule has 19 heavy (non-hydrogen) atoms. The Kier molecular flexibility index (Phi) is 3.51. The number of rotatable bonds is 2. The third kappa shape index (κ3) is 2.91. The molecule has 0 aliphatic rings. The molecule has 0 unspecified atom stereocenters. The molecule has 3 N–H and O–H groups in total. The van der Waals surface area contributed by atoms with Crippen LogP contribution in [-0.4, -0.2) is 10.9 Å². The number of aryl methyl sites for hydroxylation is 3. The Morgan fingerprint density at radius 1 is 1.16 bits per heavy atom. The van der Waals surface area contributed by atoms with Crippen LogP contribution in [-0.2, 0) is 0 Å². The minimum Gasteiger partial charge on any atom is -0.398 e. The zero-order chi connectivity index (χ0) is 14.0. The second-order valence-corrected chi connectivity index (χ2v) is 4.67. The van der Waals surface area contributed by atoms with Crippen molar-refractivity contribution in [3.05, 3.63) is 52.8 Å². The molecule has 0 aliphatic heterocycles. The van der Waals surface area contributed by atoms with Gasteiger partial charge in [0.25, 0.3) is 5.91 Å². The normalized spacial score (nSPS) is 10.3. The summed E-state index contributed by atoms with van der Waals surface area (Å²) in [6.45, 7) is 5.87. The fourth-order valence-electron chi connectivity index (χ4n) is 1.79. The lowest BCUT2D eigenvalue weighted by Gasteiger charge is -2.09. The lowest BCUT2D eigenvalue weighted by molar-refractivity contribution is 0.102. The second-order valence-electron chi connectivity index (χ2n) is 4.67. The number of amides is 1. The quantitative estimate of drug-likeness (QED) is 0.867. The molecule has 1 heterocycles. The Morgan fingerprint density at radius 2 is 1.89 bits per heavy atom. The van der Waals surface area contributed by atoms with Crippen molar-refractivity contribution in [3.8, 4) is 0 Å². The van der Waals surface area contributed by atoms with Crippen LogP contribution in [0.2, 0.25) is 0 Å². The van der Waals surface area contributed by atoms with Crippen LogP contribution in [0.1, 0.15) is 27.2 Å². The SMILES string of the molecule is Cc1cc(N)c(C(=O)Nc2ccc(C)c(C)c2)cn1. The molecule has 0 fully saturated rings. The molecule has 0 saturated carbocycles. The molecule has 2 rings (SSSR count). The van der Waals surface area contributed by atoms with Crippen molar-refractivity contribution >= 4 is 17.3 Å². The Balaban J connectivity index is 2.23. The molecule has 1 amide bonds. The molecule has 0 saturated heterocycles. The molecule has 1 aromatic heterocycles. The van der Waals surface area contributed by atoms with Crippen molar-refractivity contribution < 1.29 is 4.79 Å². The van der Waals surface area contributed by atoms with E-state index in [2.05, 4.69) is 10.3 Å². The smallest absolute Gasteiger partial charge is 0.259 e. The van der Waals surface area contributed by atoms with Crippen LogP contribution in [0.3, 0.4) is 0 Å². The van der Waals surface area contributed by atoms with Gasteiger partial charge in [0.1, 0.15) is 0 Å². The first-order valence-electron chi connectivity index (χ1n) is 6.08. The van der Waals surface area contributed by atoms with Crippen LogP contribution in [0.25, 0.3) is 0 Å². The van der Waals surface area contributed by atoms with Gasteiger partial charge in [0.05, 0.1) is 5.56 Å². The van der Waals surface area contributed by atoms with Gasteiger partial charge in [-0.05, 0) is 50.1 Å². The number of nitrogens with one attached hydrogen (secondary N) is 1. The third-order valence-corrected chi connectivity index (χ3v) is 3.08. The molecule has 0 aliphatic carbocycles. The van der Waals surface area contributed by atoms with Gasteiger partial charge in [0.15, 0.2) is 0 Å². The van der Waals surface area contributed by atoms with Gasteiger partial charge < -0.3 is 11.1 Å². The molecule has 4 nitrogen and oxygen atoms in total. The number of pyridine rings is 1. The van der Waals surface area contributed by atoms with Crippen molar-refractivity contribution in [1.29, 1.82) is 0 Å². The number of benzene rings is 1. The summed E-state index contributed by atoms with van der Waals surface area (Å²) in [5.74, 6) is -0.242. The molecule has 2 aromatic rings. The zero-order valence-electron chi connectivity index (χ0n) is 11.3. The van der Waals surface area contributed by atoms with Crippen molar-refractivity contribution in [2.24, 2.45) is 0 Å². The molecule has 0 spiro atoms. The molecule has 1 aromatic carbocycles. The number of carbonyl (C=O) groups is 1. The Hall–Kier alpha value is -2.36. The van der Waals surface area contributed by atoms with Gasteiger partial charge in [-0.25, -0.2) is 0 Å². The lowest BCUT2D eigenvalue weighted by atomic mass is 10.1. The van der Waals surface area contributed by atoms with E-state index in [1.165, 1.54) is 11.8 Å². The maximum atomic E-state index is 12.1. The maximum Gasteiger partial charge on any atom is 0.259 e. The summed E-state index contributed by atoms with van der Waals surface area (Å²) in [7, 11) is 0. The standard InChI is InChI=1S/C15H17N3O/c1-9-4-5-12(6-10(9)2)18-15(19)13-8-17-11(3)7-14(13)16/h4-8H,1-3H3,(H2,16,17)(H,18,19). The summed E-state index contributed by atoms with van der Waals surface area (Å²) in [5.41, 5.74) is 10.5. The number of hydrogen-bond acceptors (Lipinski definition) is 3. The number of nitrogens with zero attached hydrogens (tertiary/aromatic N) is 1. The third-order valence-electron chi connectivity index (χ3n) is 3.08. The van der Waals surface area contributed by atoms with Crippen molar-refractivity contribution in [1.82, 2.24) is 4.98 Å². The average Bonchev–Trinajstić information content (AvgIpc) is 2.33. The van der Waals surface area contributed by atoms with E-state index in [0.717, 1.165) is 16.9 Å². The Bertz CT molecular complexity index is 635. The highest BCUT2D eigenvalue weighted by Crippen LogP contribution is 2.17. The molecule has 4 heteroatoms. The van der Waals surface area contributed by atoms with Crippen molar-refractivity contribution in [3.63, 3.8) is 0 Å². The van der Waals surface area contributed by atoms with Gasteiger partial charge in [-0.2, -0.15) is 0 Å². The fraction of sp³-hybridized carbons (Fsp3) is 0.200. The summed E-state index contributed by atoms with van der Waals surface area (Å²) in [5, 5.41) is 2.83. The number of aromatic nitrogens is 1. The first-order chi connectivity index (χ1) is 8.97. The van der Waals surface area contributed by atoms with E-state index in [-0.39, 0.29) is 5.91 Å². The van der Waals surface area contributed by atoms with Crippen molar-refractivity contribution in [2.75, 3.05) is 11.1 Å². The average molecular weight is 255 g/mol. The first-order valence-corrected chi connectivity index (χ1v) is 6.08. The van der Waals surface area contributed by atoms with Crippen LogP contribution in [0.5, 0.6) is 0 Å². The van der Waals surface area contributed by atoms with Gasteiger partial charge in [-0.3, -0.25) is 9.78 Å². The van der Waals surface area contributed by atoms with Crippen molar-refractivity contribution in [2.45, 2.75) is 20.8 Å². The Labute approximate surface area is 112 Å². The number of hydrogen-bond donors (Lipinski definition) is 2. The summed E-state index contributed by atoms with van der Waals surface area (Å²) in [4.78, 5) is 16.2. The van der Waals surface area contributed by atoms with Gasteiger partial charge in [0, 0.05) is 23.3 Å². The largest absolute Gasteiger partial charge is 0.398 e. The lowest BCUT2D eigenvalue weighted by Crippen LogP contribution is -2.14. The monoisotopic (exact) mass is 255 g/mol. The molecule has 98 valence electrons. The van der Waals surface area contributed by atoms with E-state index in [9.17, 15) is 4.79 Å². The Morgan fingerprint density at radius 3 is 2.53 bits per heavy atom. The molecular weight excluding hydrogens is 238 g/mol. The minimum absolute atomic E-state index is 0.242. The molecule has 0 bridgehead atoms. The zero-order valence-corrected chi connectivity index (χ0v) is 11.3. The number of nitrogens with two attached hydrogens (primary N) is 1. The van der Waals surface area contributed by atoms with Crippen LogP contribution in [0.15, 0.2) is 30.5 Å². The van der Waals surface area contributed by atoms with E-state index < -0.39 is 0 Å². The number of anilines is 2. The highest BCUT2D eigenvalue weighted by atomic mass is 16.1. The highest BCUT2D eigenvalue weighted by molar-refractivity contribution is 6.07.